The number of nitrogens with one attached hydrogen (secondary N) is 1. The Morgan fingerprint density at radius 2 is 1.39 bits per heavy atom. The Kier molecular flexibility index (Phi) is 7.54. The molecule has 4 bridgehead atoms. The number of likely N-dealkylation sites (N-methyl/N-ethyl adjacent to an activating group) is 1. The maximum Gasteiger partial charge on any atom is 0.418 e. The van der Waals surface area contributed by atoms with Crippen LogP contribution >= 0.6 is 0 Å². The molecule has 6 aliphatic rings. The number of fused-ring (bicyclic) bond motifs is 1. The van der Waals surface area contributed by atoms with Crippen molar-refractivity contribution in [1.82, 2.24) is 14.9 Å². The lowest BCUT2D eigenvalue weighted by Gasteiger charge is -2.61. The van der Waals surface area contributed by atoms with E-state index in [2.05, 4.69) is 27.1 Å². The summed E-state index contributed by atoms with van der Waals surface area (Å²) >= 11 is 0. The van der Waals surface area contributed by atoms with Crippen LogP contribution in [0.4, 0.5) is 60.0 Å². The number of piperazine rings is 1. The van der Waals surface area contributed by atoms with Crippen molar-refractivity contribution in [2.75, 3.05) is 53.2 Å². The normalized spacial score (nSPS) is 27.1. The maximum absolute atomic E-state index is 14.7. The quantitative estimate of drug-likeness (QED) is 0.276. The Morgan fingerprint density at radius 3 is 1.94 bits per heavy atom. The van der Waals surface area contributed by atoms with Crippen molar-refractivity contribution in [3.63, 3.8) is 0 Å². The lowest BCUT2D eigenvalue weighted by molar-refractivity contribution is -0.142. The molecule has 3 heterocycles. The summed E-state index contributed by atoms with van der Waals surface area (Å²) in [6.45, 7) is 3.24. The molecule has 0 unspecified atom stereocenters. The van der Waals surface area contributed by atoms with Crippen LogP contribution < -0.4 is 20.0 Å². The van der Waals surface area contributed by atoms with E-state index in [0.717, 1.165) is 57.2 Å². The van der Waals surface area contributed by atoms with E-state index in [1.165, 1.54) is 11.1 Å². The molecule has 49 heavy (non-hydrogen) atoms. The molecule has 0 radical (unpaired) electrons. The SMILES string of the molecule is CN1CCN(c2ccc(Nc3ncc4c(n3)N(C35CC6CC(CC(C6)C3)C5)C(=O)N(c3c(C(F)(F)F)cccc3C(F)(F)F)C4)cc2)CC1. The van der Waals surface area contributed by atoms with E-state index in [-0.39, 0.29) is 17.3 Å². The number of benzene rings is 2. The molecule has 8 nitrogen and oxygen atoms in total. The van der Waals surface area contributed by atoms with Crippen LogP contribution in [0, 0.1) is 17.8 Å². The number of halogens is 6. The second kappa shape index (κ2) is 11.5. The first-order valence-corrected chi connectivity index (χ1v) is 16.8. The molecule has 1 aromatic heterocycles. The minimum Gasteiger partial charge on any atom is -0.369 e. The predicted molar refractivity (Wildman–Crippen MR) is 173 cm³/mol. The number of nitrogens with zero attached hydrogens (tertiary/aromatic N) is 6. The predicted octanol–water partition coefficient (Wildman–Crippen LogP) is 7.93. The van der Waals surface area contributed by atoms with Crippen LogP contribution in [-0.2, 0) is 18.9 Å². The summed E-state index contributed by atoms with van der Waals surface area (Å²) < 4.78 is 86.1. The van der Waals surface area contributed by atoms with Gasteiger partial charge in [-0.1, -0.05) is 6.07 Å². The molecular weight excluding hydrogens is 648 g/mol. The molecule has 2 aliphatic heterocycles. The van der Waals surface area contributed by atoms with E-state index < -0.39 is 47.3 Å². The van der Waals surface area contributed by atoms with Gasteiger partial charge in [-0.15, -0.1) is 0 Å². The van der Waals surface area contributed by atoms with Gasteiger partial charge in [0.05, 0.1) is 28.9 Å². The van der Waals surface area contributed by atoms with E-state index in [0.29, 0.717) is 59.7 Å². The van der Waals surface area contributed by atoms with Crippen LogP contribution in [0.3, 0.4) is 0 Å². The number of urea groups is 1. The highest BCUT2D eigenvalue weighted by atomic mass is 19.4. The van der Waals surface area contributed by atoms with E-state index in [1.807, 2.05) is 24.3 Å². The summed E-state index contributed by atoms with van der Waals surface area (Å²) in [5.74, 6) is 1.44. The first-order valence-electron chi connectivity index (χ1n) is 16.8. The molecule has 1 N–H and O–H groups in total. The van der Waals surface area contributed by atoms with Crippen molar-refractivity contribution in [3.05, 3.63) is 65.4 Å². The fraction of sp³-hybridized carbons (Fsp3) is 0.514. The molecule has 4 aliphatic carbocycles. The van der Waals surface area contributed by atoms with Crippen molar-refractivity contribution in [2.45, 2.75) is 63.0 Å². The average Bonchev–Trinajstić information content (AvgIpc) is 3.03. The Hall–Kier alpha value is -4.07. The third-order valence-electron chi connectivity index (χ3n) is 11.2. The minimum atomic E-state index is -5.13. The van der Waals surface area contributed by atoms with Gasteiger partial charge in [0.1, 0.15) is 5.82 Å². The smallest absolute Gasteiger partial charge is 0.369 e. The zero-order valence-electron chi connectivity index (χ0n) is 27.0. The zero-order chi connectivity index (χ0) is 34.3. The molecule has 4 saturated carbocycles. The van der Waals surface area contributed by atoms with Gasteiger partial charge in [-0.05, 0) is 99.7 Å². The summed E-state index contributed by atoms with van der Waals surface area (Å²) in [4.78, 5) is 30.6. The summed E-state index contributed by atoms with van der Waals surface area (Å²) in [6.07, 6.45) is -3.89. The summed E-state index contributed by atoms with van der Waals surface area (Å²) in [5, 5.41) is 3.20. The zero-order valence-corrected chi connectivity index (χ0v) is 27.0. The van der Waals surface area contributed by atoms with Crippen molar-refractivity contribution in [1.29, 1.82) is 0 Å². The second-order valence-electron chi connectivity index (χ2n) is 14.5. The Bertz CT molecular complexity index is 1680. The van der Waals surface area contributed by atoms with Crippen LogP contribution in [-0.4, -0.2) is 59.7 Å². The summed E-state index contributed by atoms with van der Waals surface area (Å²) in [5.41, 5.74) is -2.89. The number of hydrogen-bond donors (Lipinski definition) is 1. The third kappa shape index (κ3) is 5.75. The summed E-state index contributed by atoms with van der Waals surface area (Å²) in [7, 11) is 2.10. The van der Waals surface area contributed by atoms with Gasteiger partial charge in [0.15, 0.2) is 0 Å². The highest BCUT2D eigenvalue weighted by Crippen LogP contribution is 2.59. The van der Waals surface area contributed by atoms with Crippen molar-refractivity contribution in [2.24, 2.45) is 17.8 Å². The van der Waals surface area contributed by atoms with E-state index in [4.69, 9.17) is 4.98 Å². The first kappa shape index (κ1) is 32.2. The van der Waals surface area contributed by atoms with Gasteiger partial charge in [-0.2, -0.15) is 31.3 Å². The second-order valence-corrected chi connectivity index (χ2v) is 14.5. The van der Waals surface area contributed by atoms with Gasteiger partial charge in [-0.25, -0.2) is 9.78 Å². The van der Waals surface area contributed by atoms with Crippen molar-refractivity contribution < 1.29 is 31.1 Å². The number of alkyl halides is 6. The molecule has 2 aromatic carbocycles. The number of anilines is 5. The number of carbonyl (C=O) groups is 1. The average molecular weight is 686 g/mol. The number of aromatic nitrogens is 2. The molecule has 1 saturated heterocycles. The standard InChI is InChI=1S/C35H37F6N7O/c1-45-9-11-46(12-10-45)26-7-5-25(6-8-26)43-31-42-19-24-20-47(29-27(34(36,37)38)3-2-4-28(29)35(39,40)41)32(49)48(30(24)44-31)33-16-21-13-22(17-33)15-23(14-21)18-33/h2-8,19,21-23H,9-18,20H2,1H3,(H,42,43,44). The number of hydrogen-bond acceptors (Lipinski definition) is 6. The molecule has 0 atom stereocenters. The minimum absolute atomic E-state index is 0.189. The molecule has 2 amide bonds. The fourth-order valence-electron chi connectivity index (χ4n) is 9.39. The molecule has 260 valence electrons. The number of rotatable bonds is 5. The van der Waals surface area contributed by atoms with E-state index >= 15 is 0 Å². The van der Waals surface area contributed by atoms with Crippen molar-refractivity contribution in [3.8, 4) is 0 Å². The van der Waals surface area contributed by atoms with Crippen LogP contribution in [0.2, 0.25) is 0 Å². The Balaban J connectivity index is 1.19. The van der Waals surface area contributed by atoms with Gasteiger partial charge in [0.2, 0.25) is 5.95 Å². The molecular formula is C35H37F6N7O. The van der Waals surface area contributed by atoms with Crippen LogP contribution in [0.25, 0.3) is 0 Å². The van der Waals surface area contributed by atoms with E-state index in [1.54, 1.807) is 0 Å². The molecule has 3 aromatic rings. The van der Waals surface area contributed by atoms with Crippen molar-refractivity contribution >= 4 is 34.9 Å². The molecule has 0 spiro atoms. The van der Waals surface area contributed by atoms with Gasteiger partial charge in [0.25, 0.3) is 0 Å². The number of carbonyl (C=O) groups excluding carboxylic acids is 1. The van der Waals surface area contributed by atoms with Crippen LogP contribution in [0.15, 0.2) is 48.7 Å². The summed E-state index contributed by atoms with van der Waals surface area (Å²) in [6, 6.07) is 8.84. The molecule has 14 heteroatoms. The first-order chi connectivity index (χ1) is 23.3. The van der Waals surface area contributed by atoms with Gasteiger partial charge in [0, 0.05) is 49.3 Å². The van der Waals surface area contributed by atoms with Gasteiger partial charge in [-0.3, -0.25) is 9.80 Å². The van der Waals surface area contributed by atoms with Crippen LogP contribution in [0.5, 0.6) is 0 Å². The largest absolute Gasteiger partial charge is 0.418 e. The van der Waals surface area contributed by atoms with Gasteiger partial charge >= 0.3 is 18.4 Å². The highest BCUT2D eigenvalue weighted by Gasteiger charge is 2.58. The number of amides is 2. The monoisotopic (exact) mass is 685 g/mol. The maximum atomic E-state index is 14.7. The third-order valence-corrected chi connectivity index (χ3v) is 11.2. The highest BCUT2D eigenvalue weighted by molar-refractivity contribution is 6.07. The molecule has 5 fully saturated rings. The van der Waals surface area contributed by atoms with E-state index in [9.17, 15) is 31.1 Å². The van der Waals surface area contributed by atoms with Crippen LogP contribution in [0.1, 0.15) is 55.2 Å². The number of para-hydroxylation sites is 1. The lowest BCUT2D eigenvalue weighted by atomic mass is 9.52. The molecule has 9 rings (SSSR count). The topological polar surface area (TPSA) is 67.8 Å². The fourth-order valence-corrected chi connectivity index (χ4v) is 9.39. The Labute approximate surface area is 280 Å². The lowest BCUT2D eigenvalue weighted by Crippen LogP contribution is -2.66. The Morgan fingerprint density at radius 1 is 0.816 bits per heavy atom. The van der Waals surface area contributed by atoms with Gasteiger partial charge < -0.3 is 15.1 Å².